The summed E-state index contributed by atoms with van der Waals surface area (Å²) in [6, 6.07) is 15.8. The maximum atomic E-state index is 12.3. The van der Waals surface area contributed by atoms with Crippen LogP contribution in [0.4, 0.5) is 0 Å². The van der Waals surface area contributed by atoms with Crippen molar-refractivity contribution in [3.8, 4) is 16.9 Å². The Balaban J connectivity index is 1.77. The molecular weight excluding hydrogens is 276 g/mol. The van der Waals surface area contributed by atoms with E-state index in [2.05, 4.69) is 10.6 Å². The minimum atomic E-state index is -0.0101. The summed E-state index contributed by atoms with van der Waals surface area (Å²) >= 11 is 0. The Labute approximate surface area is 130 Å². The van der Waals surface area contributed by atoms with Crippen molar-refractivity contribution in [1.29, 1.82) is 0 Å². The van der Waals surface area contributed by atoms with E-state index in [0.717, 1.165) is 36.4 Å². The summed E-state index contributed by atoms with van der Waals surface area (Å²) in [6.07, 6.45) is 0.990. The van der Waals surface area contributed by atoms with E-state index in [1.807, 2.05) is 48.5 Å². The summed E-state index contributed by atoms with van der Waals surface area (Å²) in [5, 5.41) is 6.32. The monoisotopic (exact) mass is 296 g/mol. The van der Waals surface area contributed by atoms with E-state index in [0.29, 0.717) is 5.56 Å². The second kappa shape index (κ2) is 6.62. The molecule has 1 fully saturated rings. The quantitative estimate of drug-likeness (QED) is 0.911. The van der Waals surface area contributed by atoms with Crippen molar-refractivity contribution >= 4 is 5.91 Å². The van der Waals surface area contributed by atoms with Crippen molar-refractivity contribution < 1.29 is 9.53 Å². The Morgan fingerprint density at radius 1 is 1.18 bits per heavy atom. The first-order chi connectivity index (χ1) is 10.8. The molecule has 1 aliphatic rings. The molecule has 1 saturated heterocycles. The summed E-state index contributed by atoms with van der Waals surface area (Å²) in [6.45, 7) is 1.82. The molecule has 0 bridgehead atoms. The lowest BCUT2D eigenvalue weighted by Crippen LogP contribution is -2.36. The highest BCUT2D eigenvalue weighted by Gasteiger charge is 2.17. The first kappa shape index (κ1) is 14.6. The number of methoxy groups -OCH3 is 1. The van der Waals surface area contributed by atoms with Gasteiger partial charge in [0.1, 0.15) is 5.75 Å². The fourth-order valence-corrected chi connectivity index (χ4v) is 2.67. The number of carbonyl (C=O) groups excluding carboxylic acids is 1. The fourth-order valence-electron chi connectivity index (χ4n) is 2.67. The average Bonchev–Trinajstić information content (AvgIpc) is 3.08. The van der Waals surface area contributed by atoms with Crippen LogP contribution in [0.5, 0.6) is 5.75 Å². The molecule has 1 heterocycles. The standard InChI is InChI=1S/C18H20N2O2/c1-22-17-7-5-13(6-8-17)14-3-2-4-15(11-14)18(21)20-16-9-10-19-12-16/h2-8,11,16,19H,9-10,12H2,1H3,(H,20,21)/t16-/m1/s1. The van der Waals surface area contributed by atoms with E-state index in [1.165, 1.54) is 0 Å². The van der Waals surface area contributed by atoms with Crippen molar-refractivity contribution in [1.82, 2.24) is 10.6 Å². The van der Waals surface area contributed by atoms with E-state index < -0.39 is 0 Å². The highest BCUT2D eigenvalue weighted by molar-refractivity contribution is 5.95. The lowest BCUT2D eigenvalue weighted by atomic mass is 10.0. The van der Waals surface area contributed by atoms with Gasteiger partial charge in [-0.1, -0.05) is 24.3 Å². The Morgan fingerprint density at radius 2 is 2.00 bits per heavy atom. The molecule has 0 aliphatic carbocycles. The molecule has 1 amide bonds. The number of rotatable bonds is 4. The van der Waals surface area contributed by atoms with Gasteiger partial charge in [0.2, 0.25) is 0 Å². The van der Waals surface area contributed by atoms with Gasteiger partial charge in [-0.3, -0.25) is 4.79 Å². The van der Waals surface area contributed by atoms with Crippen molar-refractivity contribution in [3.63, 3.8) is 0 Å². The van der Waals surface area contributed by atoms with Crippen LogP contribution < -0.4 is 15.4 Å². The molecule has 0 aromatic heterocycles. The van der Waals surface area contributed by atoms with E-state index in [4.69, 9.17) is 4.74 Å². The van der Waals surface area contributed by atoms with Crippen molar-refractivity contribution in [2.75, 3.05) is 20.2 Å². The van der Waals surface area contributed by atoms with E-state index >= 15 is 0 Å². The van der Waals surface area contributed by atoms with Crippen molar-refractivity contribution in [2.24, 2.45) is 0 Å². The number of benzene rings is 2. The minimum absolute atomic E-state index is 0.0101. The molecule has 2 aromatic carbocycles. The normalized spacial score (nSPS) is 17.2. The van der Waals surface area contributed by atoms with Crippen molar-refractivity contribution in [3.05, 3.63) is 54.1 Å². The van der Waals surface area contributed by atoms with E-state index in [-0.39, 0.29) is 11.9 Å². The number of hydrogen-bond donors (Lipinski definition) is 2. The molecule has 4 heteroatoms. The zero-order valence-corrected chi connectivity index (χ0v) is 12.6. The van der Waals surface area contributed by atoms with Gasteiger partial charge >= 0.3 is 0 Å². The summed E-state index contributed by atoms with van der Waals surface area (Å²) in [4.78, 5) is 12.3. The van der Waals surface area contributed by atoms with Gasteiger partial charge in [0.05, 0.1) is 7.11 Å². The Hall–Kier alpha value is -2.33. The number of carbonyl (C=O) groups is 1. The SMILES string of the molecule is COc1ccc(-c2cccc(C(=O)N[C@@H]3CCNC3)c2)cc1. The van der Waals surface area contributed by atoms with Gasteiger partial charge in [-0.2, -0.15) is 0 Å². The second-order valence-corrected chi connectivity index (χ2v) is 5.47. The highest BCUT2D eigenvalue weighted by atomic mass is 16.5. The Morgan fingerprint density at radius 3 is 2.68 bits per heavy atom. The molecule has 114 valence electrons. The summed E-state index contributed by atoms with van der Waals surface area (Å²) < 4.78 is 5.17. The molecule has 2 aromatic rings. The summed E-state index contributed by atoms with van der Waals surface area (Å²) in [7, 11) is 1.65. The lowest BCUT2D eigenvalue weighted by Gasteiger charge is -2.12. The van der Waals surface area contributed by atoms with Crippen LogP contribution in [0.3, 0.4) is 0 Å². The number of ether oxygens (including phenoxy) is 1. The van der Waals surface area contributed by atoms with Gasteiger partial charge in [-0.15, -0.1) is 0 Å². The van der Waals surface area contributed by atoms with Crippen LogP contribution in [0, 0.1) is 0 Å². The average molecular weight is 296 g/mol. The first-order valence-electron chi connectivity index (χ1n) is 7.52. The molecule has 3 rings (SSSR count). The van der Waals surface area contributed by atoms with E-state index in [9.17, 15) is 4.79 Å². The number of nitrogens with one attached hydrogen (secondary N) is 2. The highest BCUT2D eigenvalue weighted by Crippen LogP contribution is 2.23. The van der Waals surface area contributed by atoms with Gasteiger partial charge in [0.25, 0.3) is 5.91 Å². The van der Waals surface area contributed by atoms with Gasteiger partial charge < -0.3 is 15.4 Å². The van der Waals surface area contributed by atoms with Crippen LogP contribution in [-0.4, -0.2) is 32.1 Å². The minimum Gasteiger partial charge on any atom is -0.497 e. The summed E-state index contributed by atoms with van der Waals surface area (Å²) in [5.41, 5.74) is 2.79. The zero-order valence-electron chi connectivity index (χ0n) is 12.6. The second-order valence-electron chi connectivity index (χ2n) is 5.47. The van der Waals surface area contributed by atoms with E-state index in [1.54, 1.807) is 7.11 Å². The molecule has 1 atom stereocenters. The maximum Gasteiger partial charge on any atom is 0.251 e. The van der Waals surface area contributed by atoms with Gasteiger partial charge in [0, 0.05) is 18.2 Å². The summed E-state index contributed by atoms with van der Waals surface area (Å²) in [5.74, 6) is 0.815. The Bertz CT molecular complexity index is 646. The topological polar surface area (TPSA) is 50.4 Å². The molecule has 1 aliphatic heterocycles. The van der Waals surface area contributed by atoms with Crippen LogP contribution in [0.2, 0.25) is 0 Å². The largest absolute Gasteiger partial charge is 0.497 e. The number of amides is 1. The predicted octanol–water partition coefficient (Wildman–Crippen LogP) is 2.45. The van der Waals surface area contributed by atoms with Gasteiger partial charge in [-0.25, -0.2) is 0 Å². The molecule has 0 saturated carbocycles. The van der Waals surface area contributed by atoms with Crippen LogP contribution in [0.1, 0.15) is 16.8 Å². The fraction of sp³-hybridized carbons (Fsp3) is 0.278. The first-order valence-corrected chi connectivity index (χ1v) is 7.52. The van der Waals surface area contributed by atoms with Crippen LogP contribution in [0.25, 0.3) is 11.1 Å². The van der Waals surface area contributed by atoms with Crippen LogP contribution in [-0.2, 0) is 0 Å². The van der Waals surface area contributed by atoms with Crippen molar-refractivity contribution in [2.45, 2.75) is 12.5 Å². The van der Waals surface area contributed by atoms with Gasteiger partial charge in [0.15, 0.2) is 0 Å². The molecule has 4 nitrogen and oxygen atoms in total. The van der Waals surface area contributed by atoms with Gasteiger partial charge in [-0.05, 0) is 48.4 Å². The smallest absolute Gasteiger partial charge is 0.251 e. The maximum absolute atomic E-state index is 12.3. The van der Waals surface area contributed by atoms with Crippen LogP contribution in [0.15, 0.2) is 48.5 Å². The third-order valence-corrected chi connectivity index (χ3v) is 3.94. The third-order valence-electron chi connectivity index (χ3n) is 3.94. The van der Waals surface area contributed by atoms with Crippen LogP contribution >= 0.6 is 0 Å². The molecule has 0 spiro atoms. The Kier molecular flexibility index (Phi) is 4.39. The zero-order chi connectivity index (χ0) is 15.4. The number of hydrogen-bond acceptors (Lipinski definition) is 3. The molecule has 2 N–H and O–H groups in total. The lowest BCUT2D eigenvalue weighted by molar-refractivity contribution is 0.0940. The predicted molar refractivity (Wildman–Crippen MR) is 87.2 cm³/mol. The third kappa shape index (κ3) is 3.28. The molecular formula is C18H20N2O2. The molecule has 0 unspecified atom stereocenters. The molecule has 0 radical (unpaired) electrons. The molecule has 22 heavy (non-hydrogen) atoms.